The number of hydrogen-bond acceptors (Lipinski definition) is 4. The Morgan fingerprint density at radius 1 is 1.35 bits per heavy atom. The van der Waals surface area contributed by atoms with Gasteiger partial charge in [0.15, 0.2) is 11.5 Å². The van der Waals surface area contributed by atoms with Crippen molar-refractivity contribution in [3.8, 4) is 11.5 Å². The normalized spacial score (nSPS) is 21.4. The molecule has 1 N–H and O–H groups in total. The number of benzene rings is 1. The monoisotopic (exact) mass is 278 g/mol. The highest BCUT2D eigenvalue weighted by atomic mass is 16.5. The van der Waals surface area contributed by atoms with Crippen LogP contribution in [0.2, 0.25) is 0 Å². The van der Waals surface area contributed by atoms with E-state index in [-0.39, 0.29) is 5.75 Å². The number of methoxy groups -OCH3 is 1. The van der Waals surface area contributed by atoms with Gasteiger partial charge in [-0.15, -0.1) is 0 Å². The van der Waals surface area contributed by atoms with E-state index in [2.05, 4.69) is 30.7 Å². The zero-order chi connectivity index (χ0) is 14.7. The molecule has 20 heavy (non-hydrogen) atoms. The molecule has 0 aromatic heterocycles. The summed E-state index contributed by atoms with van der Waals surface area (Å²) in [4.78, 5) is 4.92. The Bertz CT molecular complexity index is 448. The molecule has 1 fully saturated rings. The van der Waals surface area contributed by atoms with Gasteiger partial charge in [-0.3, -0.25) is 4.90 Å². The van der Waals surface area contributed by atoms with Crippen molar-refractivity contribution in [1.29, 1.82) is 0 Å². The molecule has 0 aliphatic carbocycles. The van der Waals surface area contributed by atoms with Crippen LogP contribution < -0.4 is 4.74 Å². The van der Waals surface area contributed by atoms with Crippen LogP contribution in [0.25, 0.3) is 0 Å². The van der Waals surface area contributed by atoms with Gasteiger partial charge in [-0.1, -0.05) is 19.9 Å². The van der Waals surface area contributed by atoms with Gasteiger partial charge in [-0.2, -0.15) is 0 Å². The Hall–Kier alpha value is -1.26. The first-order chi connectivity index (χ1) is 9.51. The smallest absolute Gasteiger partial charge is 0.160 e. The number of rotatable bonds is 4. The van der Waals surface area contributed by atoms with E-state index >= 15 is 0 Å². The van der Waals surface area contributed by atoms with Gasteiger partial charge in [0.2, 0.25) is 0 Å². The summed E-state index contributed by atoms with van der Waals surface area (Å²) < 4.78 is 5.09. The molecule has 112 valence electrons. The minimum absolute atomic E-state index is 0.222. The van der Waals surface area contributed by atoms with Crippen LogP contribution in [0, 0.1) is 5.92 Å². The van der Waals surface area contributed by atoms with Crippen molar-refractivity contribution in [2.45, 2.75) is 26.4 Å². The predicted molar refractivity (Wildman–Crippen MR) is 81.2 cm³/mol. The molecule has 0 unspecified atom stereocenters. The third-order valence-electron chi connectivity index (χ3n) is 4.14. The summed E-state index contributed by atoms with van der Waals surface area (Å²) in [5.41, 5.74) is 1.14. The Morgan fingerprint density at radius 2 is 2.10 bits per heavy atom. The highest BCUT2D eigenvalue weighted by Crippen LogP contribution is 2.28. The van der Waals surface area contributed by atoms with Crippen LogP contribution in [0.4, 0.5) is 0 Å². The lowest BCUT2D eigenvalue weighted by atomic mass is 9.99. The lowest BCUT2D eigenvalue weighted by Gasteiger charge is -2.42. The second-order valence-electron chi connectivity index (χ2n) is 6.05. The zero-order valence-electron chi connectivity index (χ0n) is 13.0. The fourth-order valence-corrected chi connectivity index (χ4v) is 2.89. The average Bonchev–Trinajstić information content (AvgIpc) is 2.41. The minimum atomic E-state index is 0.222. The van der Waals surface area contributed by atoms with E-state index in [9.17, 15) is 5.11 Å². The van der Waals surface area contributed by atoms with Gasteiger partial charge in [-0.25, -0.2) is 0 Å². The van der Waals surface area contributed by atoms with Gasteiger partial charge in [0.05, 0.1) is 7.11 Å². The molecule has 0 saturated carbocycles. The maximum Gasteiger partial charge on any atom is 0.160 e. The van der Waals surface area contributed by atoms with E-state index in [0.717, 1.165) is 31.7 Å². The summed E-state index contributed by atoms with van der Waals surface area (Å²) in [5.74, 6) is 1.39. The Labute approximate surface area is 122 Å². The van der Waals surface area contributed by atoms with E-state index in [1.54, 1.807) is 7.11 Å². The van der Waals surface area contributed by atoms with E-state index in [1.807, 2.05) is 18.2 Å². The standard InChI is InChI=1S/C16H26N2O2/c1-12(2)14-11-17(3)7-8-18(14)10-13-5-6-16(20-4)15(19)9-13/h5-6,9,12,14,19H,7-8,10-11H2,1-4H3/t14-/m0/s1. The van der Waals surface area contributed by atoms with Gasteiger partial charge < -0.3 is 14.7 Å². The molecule has 1 aromatic rings. The van der Waals surface area contributed by atoms with Crippen LogP contribution in [0.1, 0.15) is 19.4 Å². The van der Waals surface area contributed by atoms with Crippen molar-refractivity contribution in [2.24, 2.45) is 5.92 Å². The van der Waals surface area contributed by atoms with E-state index in [1.165, 1.54) is 0 Å². The number of aromatic hydroxyl groups is 1. The Kier molecular flexibility index (Phi) is 4.89. The summed E-state index contributed by atoms with van der Waals surface area (Å²) in [6.45, 7) is 8.73. The van der Waals surface area contributed by atoms with Crippen LogP contribution in [-0.2, 0) is 6.54 Å². The molecule has 0 amide bonds. The molecule has 1 aliphatic rings. The zero-order valence-corrected chi connectivity index (χ0v) is 13.0. The van der Waals surface area contributed by atoms with Crippen LogP contribution >= 0.6 is 0 Å². The van der Waals surface area contributed by atoms with Gasteiger partial charge in [0.25, 0.3) is 0 Å². The number of nitrogens with zero attached hydrogens (tertiary/aromatic N) is 2. The number of piperazine rings is 1. The van der Waals surface area contributed by atoms with Gasteiger partial charge in [-0.05, 0) is 30.7 Å². The number of likely N-dealkylation sites (N-methyl/N-ethyl adjacent to an activating group) is 1. The summed E-state index contributed by atoms with van der Waals surface area (Å²) in [5, 5.41) is 9.89. The van der Waals surface area contributed by atoms with Crippen LogP contribution in [0.15, 0.2) is 18.2 Å². The number of ether oxygens (including phenoxy) is 1. The maximum absolute atomic E-state index is 9.89. The summed E-state index contributed by atoms with van der Waals surface area (Å²) in [6.07, 6.45) is 0. The molecule has 1 aliphatic heterocycles. The number of phenolic OH excluding ortho intramolecular Hbond substituents is 1. The average molecular weight is 278 g/mol. The van der Waals surface area contributed by atoms with Crippen molar-refractivity contribution < 1.29 is 9.84 Å². The molecule has 2 rings (SSSR count). The summed E-state index contributed by atoms with van der Waals surface area (Å²) in [7, 11) is 3.76. The quantitative estimate of drug-likeness (QED) is 0.915. The van der Waals surface area contributed by atoms with Crippen LogP contribution in [-0.4, -0.2) is 54.7 Å². The highest BCUT2D eigenvalue weighted by Gasteiger charge is 2.27. The topological polar surface area (TPSA) is 35.9 Å². The second kappa shape index (κ2) is 6.46. The molecule has 0 radical (unpaired) electrons. The van der Waals surface area contributed by atoms with Crippen LogP contribution in [0.5, 0.6) is 11.5 Å². The lowest BCUT2D eigenvalue weighted by Crippen LogP contribution is -2.53. The van der Waals surface area contributed by atoms with Crippen LogP contribution in [0.3, 0.4) is 0 Å². The first-order valence-corrected chi connectivity index (χ1v) is 7.29. The van der Waals surface area contributed by atoms with Crippen molar-refractivity contribution >= 4 is 0 Å². The maximum atomic E-state index is 9.89. The molecule has 0 bridgehead atoms. The van der Waals surface area contributed by atoms with Gasteiger partial charge in [0.1, 0.15) is 0 Å². The molecule has 1 heterocycles. The Morgan fingerprint density at radius 3 is 2.70 bits per heavy atom. The SMILES string of the molecule is COc1ccc(CN2CCN(C)C[C@H]2C(C)C)cc1O. The molecule has 1 aromatic carbocycles. The fourth-order valence-electron chi connectivity index (χ4n) is 2.89. The summed E-state index contributed by atoms with van der Waals surface area (Å²) in [6, 6.07) is 6.26. The second-order valence-corrected chi connectivity index (χ2v) is 6.05. The predicted octanol–water partition coefficient (Wildman–Crippen LogP) is 2.17. The molecule has 0 spiro atoms. The van der Waals surface area contributed by atoms with E-state index in [0.29, 0.717) is 17.7 Å². The Balaban J connectivity index is 2.09. The van der Waals surface area contributed by atoms with E-state index in [4.69, 9.17) is 4.74 Å². The molecule has 4 nitrogen and oxygen atoms in total. The first kappa shape index (κ1) is 15.1. The van der Waals surface area contributed by atoms with Crippen molar-refractivity contribution in [1.82, 2.24) is 9.80 Å². The molecule has 1 saturated heterocycles. The largest absolute Gasteiger partial charge is 0.504 e. The van der Waals surface area contributed by atoms with Gasteiger partial charge >= 0.3 is 0 Å². The fraction of sp³-hybridized carbons (Fsp3) is 0.625. The molecular weight excluding hydrogens is 252 g/mol. The molecule has 1 atom stereocenters. The third-order valence-corrected chi connectivity index (χ3v) is 4.14. The van der Waals surface area contributed by atoms with Crippen molar-refractivity contribution in [3.05, 3.63) is 23.8 Å². The third kappa shape index (κ3) is 3.44. The van der Waals surface area contributed by atoms with Crippen molar-refractivity contribution in [2.75, 3.05) is 33.8 Å². The van der Waals surface area contributed by atoms with E-state index < -0.39 is 0 Å². The minimum Gasteiger partial charge on any atom is -0.504 e. The molecule has 4 heteroatoms. The molecular formula is C16H26N2O2. The number of phenols is 1. The van der Waals surface area contributed by atoms with Gasteiger partial charge in [0, 0.05) is 32.2 Å². The highest BCUT2D eigenvalue weighted by molar-refractivity contribution is 5.41. The van der Waals surface area contributed by atoms with Crippen molar-refractivity contribution in [3.63, 3.8) is 0 Å². The first-order valence-electron chi connectivity index (χ1n) is 7.29. The lowest BCUT2D eigenvalue weighted by molar-refractivity contribution is 0.0570. The number of hydrogen-bond donors (Lipinski definition) is 1. The summed E-state index contributed by atoms with van der Waals surface area (Å²) >= 11 is 0.